The fraction of sp³-hybridized carbons (Fsp3) is 0.833. The molecule has 0 spiro atoms. The molecular weight excluding hydrogens is 282 g/mol. The average Bonchev–Trinajstić information content (AvgIpc) is 2.65. The molecule has 0 aromatic heterocycles. The first-order valence-corrected chi connectivity index (χ1v) is 8.62. The zero-order valence-corrected chi connectivity index (χ0v) is 12.8. The number of sulfone groups is 1. The Balaban J connectivity index is 2.15. The highest BCUT2D eigenvalue weighted by molar-refractivity contribution is 7.91. The fourth-order valence-corrected chi connectivity index (χ4v) is 3.56. The van der Waals surface area contributed by atoms with E-state index in [1.807, 2.05) is 0 Å². The highest BCUT2D eigenvalue weighted by Gasteiger charge is 2.28. The van der Waals surface area contributed by atoms with Crippen LogP contribution in [0, 0.1) is 5.92 Å². The summed E-state index contributed by atoms with van der Waals surface area (Å²) in [5.41, 5.74) is 0. The molecular formula is C12H23N3O4S. The maximum Gasteiger partial charge on any atom is 0.315 e. The third kappa shape index (κ3) is 6.74. The van der Waals surface area contributed by atoms with Crippen LogP contribution in [0.4, 0.5) is 4.79 Å². The van der Waals surface area contributed by atoms with Crippen LogP contribution in [0.15, 0.2) is 0 Å². The van der Waals surface area contributed by atoms with Gasteiger partial charge in [0.1, 0.15) is 0 Å². The molecule has 1 unspecified atom stereocenters. The SMILES string of the molecule is CC(C)CCNC(=O)NCC(=O)NC1CCS(=O)(=O)C1. The average molecular weight is 305 g/mol. The first-order chi connectivity index (χ1) is 9.28. The lowest BCUT2D eigenvalue weighted by Crippen LogP contribution is -2.45. The molecule has 1 aliphatic heterocycles. The van der Waals surface area contributed by atoms with Gasteiger partial charge in [-0.15, -0.1) is 0 Å². The highest BCUT2D eigenvalue weighted by atomic mass is 32.2. The normalized spacial score (nSPS) is 20.6. The van der Waals surface area contributed by atoms with Gasteiger partial charge in [0.05, 0.1) is 18.1 Å². The Hall–Kier alpha value is -1.31. The van der Waals surface area contributed by atoms with Gasteiger partial charge >= 0.3 is 6.03 Å². The molecule has 0 radical (unpaired) electrons. The lowest BCUT2D eigenvalue weighted by atomic mass is 10.1. The molecule has 1 fully saturated rings. The van der Waals surface area contributed by atoms with E-state index in [0.29, 0.717) is 18.9 Å². The summed E-state index contributed by atoms with van der Waals surface area (Å²) in [5.74, 6) is 0.231. The van der Waals surface area contributed by atoms with Gasteiger partial charge in [0, 0.05) is 12.6 Å². The van der Waals surface area contributed by atoms with Gasteiger partial charge in [0.2, 0.25) is 5.91 Å². The summed E-state index contributed by atoms with van der Waals surface area (Å²) < 4.78 is 22.5. The first kappa shape index (κ1) is 16.7. The Bertz CT molecular complexity index is 448. The minimum atomic E-state index is -3.01. The molecule has 0 bridgehead atoms. The second-order valence-electron chi connectivity index (χ2n) is 5.46. The maximum absolute atomic E-state index is 11.5. The third-order valence-corrected chi connectivity index (χ3v) is 4.78. The van der Waals surface area contributed by atoms with E-state index in [2.05, 4.69) is 29.8 Å². The quantitative estimate of drug-likeness (QED) is 0.623. The van der Waals surface area contributed by atoms with Gasteiger partial charge in [0.15, 0.2) is 9.84 Å². The molecule has 20 heavy (non-hydrogen) atoms. The Morgan fingerprint density at radius 3 is 2.50 bits per heavy atom. The Morgan fingerprint density at radius 2 is 1.95 bits per heavy atom. The van der Waals surface area contributed by atoms with Gasteiger partial charge in [-0.1, -0.05) is 13.8 Å². The van der Waals surface area contributed by atoms with Crippen LogP contribution in [-0.2, 0) is 14.6 Å². The number of nitrogens with one attached hydrogen (secondary N) is 3. The van der Waals surface area contributed by atoms with E-state index in [4.69, 9.17) is 0 Å². The van der Waals surface area contributed by atoms with Crippen LogP contribution in [-0.4, -0.2) is 51.0 Å². The molecule has 7 nitrogen and oxygen atoms in total. The lowest BCUT2D eigenvalue weighted by molar-refractivity contribution is -0.120. The van der Waals surface area contributed by atoms with Gasteiger partial charge in [0.25, 0.3) is 0 Å². The van der Waals surface area contributed by atoms with Crippen LogP contribution in [0.1, 0.15) is 26.7 Å². The molecule has 1 atom stereocenters. The van der Waals surface area contributed by atoms with E-state index in [0.717, 1.165) is 6.42 Å². The summed E-state index contributed by atoms with van der Waals surface area (Å²) in [6, 6.07) is -0.724. The predicted molar refractivity (Wildman–Crippen MR) is 76.1 cm³/mol. The van der Waals surface area contributed by atoms with Crippen molar-refractivity contribution in [3.63, 3.8) is 0 Å². The molecule has 0 aromatic carbocycles. The van der Waals surface area contributed by atoms with Crippen molar-refractivity contribution in [2.24, 2.45) is 5.92 Å². The summed E-state index contributed by atoms with van der Waals surface area (Å²) in [6.07, 6.45) is 1.31. The topological polar surface area (TPSA) is 104 Å². The molecule has 3 amide bonds. The minimum absolute atomic E-state index is 0.0146. The molecule has 8 heteroatoms. The molecule has 116 valence electrons. The zero-order valence-electron chi connectivity index (χ0n) is 11.9. The summed E-state index contributed by atoms with van der Waals surface area (Å²) in [4.78, 5) is 22.9. The van der Waals surface area contributed by atoms with Gasteiger partial charge in [-0.3, -0.25) is 4.79 Å². The molecule has 1 aliphatic rings. The number of hydrogen-bond acceptors (Lipinski definition) is 4. The van der Waals surface area contributed by atoms with Crippen molar-refractivity contribution in [1.82, 2.24) is 16.0 Å². The number of rotatable bonds is 6. The summed E-state index contributed by atoms with van der Waals surface area (Å²) in [5, 5.41) is 7.69. The highest BCUT2D eigenvalue weighted by Crippen LogP contribution is 2.10. The number of urea groups is 1. The Kier molecular flexibility index (Phi) is 6.25. The number of hydrogen-bond donors (Lipinski definition) is 3. The van der Waals surface area contributed by atoms with Crippen LogP contribution in [0.25, 0.3) is 0 Å². The smallest absolute Gasteiger partial charge is 0.315 e. The number of amides is 3. The van der Waals surface area contributed by atoms with Crippen LogP contribution >= 0.6 is 0 Å². The standard InChI is InChI=1S/C12H23N3O4S/c1-9(2)3-5-13-12(17)14-7-11(16)15-10-4-6-20(18,19)8-10/h9-10H,3-8H2,1-2H3,(H,15,16)(H2,13,14,17). The van der Waals surface area contributed by atoms with E-state index in [-0.39, 0.29) is 36.0 Å². The predicted octanol–water partition coefficient (Wildman–Crippen LogP) is -0.365. The fourth-order valence-electron chi connectivity index (χ4n) is 1.88. The minimum Gasteiger partial charge on any atom is -0.351 e. The molecule has 0 saturated carbocycles. The van der Waals surface area contributed by atoms with Crippen molar-refractivity contribution in [3.8, 4) is 0 Å². The van der Waals surface area contributed by atoms with E-state index in [1.165, 1.54) is 0 Å². The summed E-state index contributed by atoms with van der Waals surface area (Å²) in [7, 11) is -3.01. The Labute approximate surface area is 119 Å². The lowest BCUT2D eigenvalue weighted by Gasteiger charge is -2.12. The second kappa shape index (κ2) is 7.47. The summed E-state index contributed by atoms with van der Waals surface area (Å²) >= 11 is 0. The van der Waals surface area contributed by atoms with Crippen molar-refractivity contribution in [3.05, 3.63) is 0 Å². The number of carbonyl (C=O) groups excluding carboxylic acids is 2. The van der Waals surface area contributed by atoms with E-state index >= 15 is 0 Å². The van der Waals surface area contributed by atoms with Crippen LogP contribution < -0.4 is 16.0 Å². The van der Waals surface area contributed by atoms with Gasteiger partial charge in [-0.2, -0.15) is 0 Å². The first-order valence-electron chi connectivity index (χ1n) is 6.80. The molecule has 0 aromatic rings. The molecule has 1 heterocycles. The third-order valence-electron chi connectivity index (χ3n) is 3.01. The van der Waals surface area contributed by atoms with Crippen molar-refractivity contribution >= 4 is 21.8 Å². The van der Waals surface area contributed by atoms with Crippen molar-refractivity contribution in [2.45, 2.75) is 32.7 Å². The summed E-state index contributed by atoms with van der Waals surface area (Å²) in [6.45, 7) is 4.53. The Morgan fingerprint density at radius 1 is 1.25 bits per heavy atom. The van der Waals surface area contributed by atoms with Crippen molar-refractivity contribution in [2.75, 3.05) is 24.6 Å². The molecule has 3 N–H and O–H groups in total. The van der Waals surface area contributed by atoms with Gasteiger partial charge < -0.3 is 16.0 Å². The monoisotopic (exact) mass is 305 g/mol. The van der Waals surface area contributed by atoms with Crippen molar-refractivity contribution < 1.29 is 18.0 Å². The van der Waals surface area contributed by atoms with Crippen LogP contribution in [0.2, 0.25) is 0 Å². The molecule has 1 saturated heterocycles. The van der Waals surface area contributed by atoms with E-state index < -0.39 is 9.84 Å². The molecule has 1 rings (SSSR count). The largest absolute Gasteiger partial charge is 0.351 e. The van der Waals surface area contributed by atoms with Crippen LogP contribution in [0.3, 0.4) is 0 Å². The second-order valence-corrected chi connectivity index (χ2v) is 7.69. The van der Waals surface area contributed by atoms with Crippen molar-refractivity contribution in [1.29, 1.82) is 0 Å². The van der Waals surface area contributed by atoms with Gasteiger partial charge in [-0.25, -0.2) is 13.2 Å². The molecule has 0 aliphatic carbocycles. The maximum atomic E-state index is 11.5. The van der Waals surface area contributed by atoms with E-state index in [9.17, 15) is 18.0 Å². The number of carbonyl (C=O) groups is 2. The van der Waals surface area contributed by atoms with Crippen LogP contribution in [0.5, 0.6) is 0 Å². The van der Waals surface area contributed by atoms with E-state index in [1.54, 1.807) is 0 Å². The zero-order chi connectivity index (χ0) is 15.2. The van der Waals surface area contributed by atoms with Gasteiger partial charge in [-0.05, 0) is 18.8 Å².